The number of benzene rings is 2. The van der Waals surface area contributed by atoms with Crippen molar-refractivity contribution in [3.8, 4) is 0 Å². The van der Waals surface area contributed by atoms with E-state index in [4.69, 9.17) is 4.74 Å². The minimum Gasteiger partial charge on any atom is -0.463 e. The summed E-state index contributed by atoms with van der Waals surface area (Å²) in [4.78, 5) is 32.9. The van der Waals surface area contributed by atoms with Crippen LogP contribution >= 0.6 is 23.1 Å². The molecular formula is C27H28N2O3S2. The van der Waals surface area contributed by atoms with E-state index in [-0.39, 0.29) is 12.2 Å². The summed E-state index contributed by atoms with van der Waals surface area (Å²) in [5, 5.41) is 0. The number of carbonyl (C=O) groups is 1. The number of nitrogens with zero attached hydrogens (tertiary/aromatic N) is 2. The average Bonchev–Trinajstić information content (AvgIpc) is 3.13. The van der Waals surface area contributed by atoms with Crippen LogP contribution in [0.1, 0.15) is 56.3 Å². The van der Waals surface area contributed by atoms with E-state index in [1.54, 1.807) is 30.2 Å². The number of thiazole rings is 1. The number of ether oxygens (including phenoxy) is 1. The SMILES string of the molecule is CCOC(=O)C1=C(C)N=c2s/c(=C/c3ccc(C(C)C)cc3)c(=O)n2[C@H]1c1ccc(SC)cc1. The van der Waals surface area contributed by atoms with Gasteiger partial charge in [0, 0.05) is 4.90 Å². The van der Waals surface area contributed by atoms with Gasteiger partial charge in [0.2, 0.25) is 0 Å². The molecule has 1 aliphatic heterocycles. The van der Waals surface area contributed by atoms with Gasteiger partial charge in [-0.3, -0.25) is 9.36 Å². The van der Waals surface area contributed by atoms with Crippen molar-refractivity contribution in [1.29, 1.82) is 0 Å². The molecule has 0 spiro atoms. The Bertz CT molecular complexity index is 1410. The Kier molecular flexibility index (Phi) is 7.24. The van der Waals surface area contributed by atoms with Crippen molar-refractivity contribution in [2.24, 2.45) is 4.99 Å². The zero-order valence-corrected chi connectivity index (χ0v) is 21.6. The van der Waals surface area contributed by atoms with Crippen molar-refractivity contribution in [1.82, 2.24) is 4.57 Å². The van der Waals surface area contributed by atoms with Crippen LogP contribution in [-0.4, -0.2) is 23.4 Å². The van der Waals surface area contributed by atoms with Crippen molar-refractivity contribution in [2.45, 2.75) is 44.6 Å². The fourth-order valence-electron chi connectivity index (χ4n) is 4.02. The number of carbonyl (C=O) groups excluding carboxylic acids is 1. The lowest BCUT2D eigenvalue weighted by Crippen LogP contribution is -2.39. The Morgan fingerprint density at radius 1 is 1.18 bits per heavy atom. The highest BCUT2D eigenvalue weighted by Crippen LogP contribution is 2.31. The Labute approximate surface area is 207 Å². The predicted octanol–water partition coefficient (Wildman–Crippen LogP) is 4.64. The van der Waals surface area contributed by atoms with E-state index in [9.17, 15) is 9.59 Å². The highest BCUT2D eigenvalue weighted by Gasteiger charge is 2.33. The molecule has 2 aromatic carbocycles. The minimum atomic E-state index is -0.586. The maximum atomic E-state index is 13.6. The lowest BCUT2D eigenvalue weighted by molar-refractivity contribution is -0.139. The summed E-state index contributed by atoms with van der Waals surface area (Å²) in [6, 6.07) is 15.6. The summed E-state index contributed by atoms with van der Waals surface area (Å²) < 4.78 is 7.57. The number of aromatic nitrogens is 1. The number of hydrogen-bond acceptors (Lipinski definition) is 6. The normalized spacial score (nSPS) is 15.9. The fourth-order valence-corrected chi connectivity index (χ4v) is 5.48. The smallest absolute Gasteiger partial charge is 0.338 e. The van der Waals surface area contributed by atoms with Gasteiger partial charge in [-0.1, -0.05) is 61.6 Å². The Hall–Kier alpha value is -2.90. The summed E-state index contributed by atoms with van der Waals surface area (Å²) in [5.41, 5.74) is 3.87. The molecule has 0 aliphatic carbocycles. The van der Waals surface area contributed by atoms with Crippen LogP contribution in [-0.2, 0) is 9.53 Å². The van der Waals surface area contributed by atoms with Gasteiger partial charge in [-0.05, 0) is 60.9 Å². The second kappa shape index (κ2) is 10.2. The minimum absolute atomic E-state index is 0.162. The predicted molar refractivity (Wildman–Crippen MR) is 139 cm³/mol. The fraction of sp³-hybridized carbons (Fsp3) is 0.296. The molecule has 4 rings (SSSR count). The van der Waals surface area contributed by atoms with Crippen LogP contribution in [0, 0.1) is 0 Å². The van der Waals surface area contributed by atoms with Gasteiger partial charge in [-0.2, -0.15) is 0 Å². The highest BCUT2D eigenvalue weighted by atomic mass is 32.2. The Balaban J connectivity index is 1.89. The maximum Gasteiger partial charge on any atom is 0.338 e. The third-order valence-electron chi connectivity index (χ3n) is 5.85. The van der Waals surface area contributed by atoms with Crippen molar-refractivity contribution in [3.05, 3.63) is 96.2 Å². The van der Waals surface area contributed by atoms with Crippen molar-refractivity contribution >= 4 is 35.1 Å². The summed E-state index contributed by atoms with van der Waals surface area (Å²) in [6.07, 6.45) is 3.91. The third-order valence-corrected chi connectivity index (χ3v) is 7.58. The van der Waals surface area contributed by atoms with Gasteiger partial charge in [-0.25, -0.2) is 9.79 Å². The number of thioether (sulfide) groups is 1. The summed E-state index contributed by atoms with van der Waals surface area (Å²) in [6.45, 7) is 8.14. The maximum absolute atomic E-state index is 13.6. The van der Waals surface area contributed by atoms with E-state index in [1.165, 1.54) is 16.9 Å². The quantitative estimate of drug-likeness (QED) is 0.371. The van der Waals surface area contributed by atoms with E-state index < -0.39 is 12.0 Å². The van der Waals surface area contributed by atoms with E-state index in [2.05, 4.69) is 31.0 Å². The summed E-state index contributed by atoms with van der Waals surface area (Å²) in [7, 11) is 0. The second-order valence-corrected chi connectivity index (χ2v) is 10.3. The molecule has 0 radical (unpaired) electrons. The van der Waals surface area contributed by atoms with Crippen LogP contribution in [0.2, 0.25) is 0 Å². The van der Waals surface area contributed by atoms with Crippen LogP contribution in [0.4, 0.5) is 0 Å². The molecule has 0 unspecified atom stereocenters. The van der Waals surface area contributed by atoms with Gasteiger partial charge in [0.05, 0.1) is 28.5 Å². The number of allylic oxidation sites excluding steroid dienone is 1. The second-order valence-electron chi connectivity index (χ2n) is 8.40. The van der Waals surface area contributed by atoms with E-state index >= 15 is 0 Å². The molecule has 0 saturated carbocycles. The van der Waals surface area contributed by atoms with E-state index in [0.29, 0.717) is 26.5 Å². The molecule has 0 saturated heterocycles. The van der Waals surface area contributed by atoms with Gasteiger partial charge in [0.1, 0.15) is 0 Å². The molecule has 0 fully saturated rings. The number of rotatable bonds is 6. The van der Waals surface area contributed by atoms with Crippen LogP contribution in [0.25, 0.3) is 6.08 Å². The topological polar surface area (TPSA) is 60.7 Å². The molecule has 1 atom stereocenters. The molecule has 5 nitrogen and oxygen atoms in total. The zero-order chi connectivity index (χ0) is 24.4. The van der Waals surface area contributed by atoms with E-state index in [0.717, 1.165) is 16.0 Å². The lowest BCUT2D eigenvalue weighted by atomic mass is 9.96. The molecular weight excluding hydrogens is 464 g/mol. The van der Waals surface area contributed by atoms with Gasteiger partial charge < -0.3 is 4.74 Å². The first-order valence-electron chi connectivity index (χ1n) is 11.3. The highest BCUT2D eigenvalue weighted by molar-refractivity contribution is 7.98. The number of esters is 1. The molecule has 0 bridgehead atoms. The van der Waals surface area contributed by atoms with Gasteiger partial charge in [0.15, 0.2) is 4.80 Å². The van der Waals surface area contributed by atoms with E-state index in [1.807, 2.05) is 48.7 Å². The summed E-state index contributed by atoms with van der Waals surface area (Å²) in [5.74, 6) is 0.00220. The molecule has 2 heterocycles. The van der Waals surface area contributed by atoms with Crippen LogP contribution < -0.4 is 14.9 Å². The van der Waals surface area contributed by atoms with Crippen LogP contribution in [0.5, 0.6) is 0 Å². The first-order valence-corrected chi connectivity index (χ1v) is 13.3. The lowest BCUT2D eigenvalue weighted by Gasteiger charge is -2.24. The molecule has 0 amide bonds. The largest absolute Gasteiger partial charge is 0.463 e. The first kappa shape index (κ1) is 24.2. The monoisotopic (exact) mass is 492 g/mol. The standard InChI is InChI=1S/C27H28N2O3S2/c1-6-32-26(31)23-17(4)28-27-29(24(23)20-11-13-21(33-5)14-12-20)25(30)22(34-27)15-18-7-9-19(10-8-18)16(2)3/h7-16,24H,6H2,1-5H3/b22-15+/t24-/m0/s1. The first-order chi connectivity index (χ1) is 16.3. The molecule has 1 aliphatic rings. The van der Waals surface area contributed by atoms with Crippen molar-refractivity contribution in [2.75, 3.05) is 12.9 Å². The van der Waals surface area contributed by atoms with Gasteiger partial charge >= 0.3 is 5.97 Å². The van der Waals surface area contributed by atoms with Gasteiger partial charge in [0.25, 0.3) is 5.56 Å². The van der Waals surface area contributed by atoms with Crippen molar-refractivity contribution < 1.29 is 9.53 Å². The molecule has 7 heteroatoms. The zero-order valence-electron chi connectivity index (χ0n) is 20.0. The molecule has 3 aromatic rings. The Morgan fingerprint density at radius 2 is 1.85 bits per heavy atom. The molecule has 176 valence electrons. The molecule has 1 aromatic heterocycles. The summed E-state index contributed by atoms with van der Waals surface area (Å²) >= 11 is 2.99. The van der Waals surface area contributed by atoms with Crippen molar-refractivity contribution in [3.63, 3.8) is 0 Å². The van der Waals surface area contributed by atoms with Crippen LogP contribution in [0.15, 0.2) is 74.5 Å². The molecule has 0 N–H and O–H groups in total. The average molecular weight is 493 g/mol. The number of fused-ring (bicyclic) bond motifs is 1. The number of hydrogen-bond donors (Lipinski definition) is 0. The van der Waals surface area contributed by atoms with Gasteiger partial charge in [-0.15, -0.1) is 11.8 Å². The van der Waals surface area contributed by atoms with Crippen LogP contribution in [0.3, 0.4) is 0 Å². The Morgan fingerprint density at radius 3 is 2.44 bits per heavy atom. The third kappa shape index (κ3) is 4.68. The molecule has 34 heavy (non-hydrogen) atoms.